The highest BCUT2D eigenvalue weighted by Gasteiger charge is 2.27. The zero-order chi connectivity index (χ0) is 8.48. The van der Waals surface area contributed by atoms with Crippen LogP contribution in [0, 0.1) is 17.3 Å². The van der Waals surface area contributed by atoms with Gasteiger partial charge in [-0.15, -0.1) is 0 Å². The number of hydrogen-bond acceptors (Lipinski definition) is 1. The molecule has 0 spiro atoms. The fourth-order valence-corrected chi connectivity index (χ4v) is 1.92. The van der Waals surface area contributed by atoms with Gasteiger partial charge in [-0.05, 0) is 36.8 Å². The highest BCUT2D eigenvalue weighted by molar-refractivity contribution is 4.81. The Hall–Kier alpha value is -0.0400. The van der Waals surface area contributed by atoms with Gasteiger partial charge in [0.05, 0.1) is 0 Å². The van der Waals surface area contributed by atoms with Gasteiger partial charge in [0.2, 0.25) is 0 Å². The van der Waals surface area contributed by atoms with Gasteiger partial charge in [0.15, 0.2) is 0 Å². The van der Waals surface area contributed by atoms with Crippen molar-refractivity contribution in [3.05, 3.63) is 0 Å². The van der Waals surface area contributed by atoms with Gasteiger partial charge in [0, 0.05) is 0 Å². The van der Waals surface area contributed by atoms with Crippen LogP contribution in [-0.2, 0) is 0 Å². The third-order valence-corrected chi connectivity index (χ3v) is 2.55. The van der Waals surface area contributed by atoms with Crippen LogP contribution in [0.3, 0.4) is 0 Å². The van der Waals surface area contributed by atoms with Crippen LogP contribution >= 0.6 is 0 Å². The summed E-state index contributed by atoms with van der Waals surface area (Å²) in [6.45, 7) is 11.8. The SMILES string of the molecule is C[C@@H]1CNC[C@H]1CC(C)(C)C. The smallest absolute Gasteiger partial charge is 0.00172 e. The minimum absolute atomic E-state index is 0.505. The summed E-state index contributed by atoms with van der Waals surface area (Å²) < 4.78 is 0. The quantitative estimate of drug-likeness (QED) is 0.612. The molecule has 0 saturated carbocycles. The van der Waals surface area contributed by atoms with Crippen LogP contribution in [0.15, 0.2) is 0 Å². The number of rotatable bonds is 1. The molecule has 0 radical (unpaired) electrons. The van der Waals surface area contributed by atoms with Crippen LogP contribution in [-0.4, -0.2) is 13.1 Å². The molecule has 0 unspecified atom stereocenters. The summed E-state index contributed by atoms with van der Waals surface area (Å²) in [6.07, 6.45) is 1.36. The summed E-state index contributed by atoms with van der Waals surface area (Å²) in [5.74, 6) is 1.80. The predicted molar refractivity (Wildman–Crippen MR) is 49.6 cm³/mol. The van der Waals surface area contributed by atoms with E-state index in [2.05, 4.69) is 33.0 Å². The number of hydrogen-bond donors (Lipinski definition) is 1. The van der Waals surface area contributed by atoms with Crippen molar-refractivity contribution in [2.75, 3.05) is 13.1 Å². The minimum atomic E-state index is 0.505. The zero-order valence-electron chi connectivity index (χ0n) is 8.28. The standard InChI is InChI=1S/C10H21N/c1-8-6-11-7-9(8)5-10(2,3)4/h8-9,11H,5-7H2,1-4H3/t8-,9-/m1/s1. The van der Waals surface area contributed by atoms with E-state index in [1.807, 2.05) is 0 Å². The molecule has 1 saturated heterocycles. The Labute approximate surface area is 70.6 Å². The monoisotopic (exact) mass is 155 g/mol. The predicted octanol–water partition coefficient (Wildman–Crippen LogP) is 2.28. The van der Waals surface area contributed by atoms with E-state index in [1.54, 1.807) is 0 Å². The lowest BCUT2D eigenvalue weighted by Gasteiger charge is -2.24. The van der Waals surface area contributed by atoms with E-state index in [0.29, 0.717) is 5.41 Å². The molecular formula is C10H21N. The van der Waals surface area contributed by atoms with Gasteiger partial charge in [-0.2, -0.15) is 0 Å². The van der Waals surface area contributed by atoms with Gasteiger partial charge in [-0.25, -0.2) is 0 Å². The van der Waals surface area contributed by atoms with Crippen LogP contribution in [0.25, 0.3) is 0 Å². The van der Waals surface area contributed by atoms with Crippen LogP contribution in [0.4, 0.5) is 0 Å². The van der Waals surface area contributed by atoms with Crippen LogP contribution in [0.1, 0.15) is 34.1 Å². The average Bonchev–Trinajstić information content (AvgIpc) is 2.12. The van der Waals surface area contributed by atoms with E-state index >= 15 is 0 Å². The molecule has 0 aromatic carbocycles. The number of nitrogens with one attached hydrogen (secondary N) is 1. The van der Waals surface area contributed by atoms with Crippen molar-refractivity contribution < 1.29 is 0 Å². The molecule has 1 rings (SSSR count). The summed E-state index contributed by atoms with van der Waals surface area (Å²) in [7, 11) is 0. The normalized spacial score (nSPS) is 32.7. The Kier molecular flexibility index (Phi) is 2.58. The first-order valence-electron chi connectivity index (χ1n) is 4.70. The summed E-state index contributed by atoms with van der Waals surface area (Å²) >= 11 is 0. The van der Waals surface area contributed by atoms with Gasteiger partial charge in [-0.1, -0.05) is 27.7 Å². The lowest BCUT2D eigenvalue weighted by atomic mass is 9.81. The van der Waals surface area contributed by atoms with Gasteiger partial charge in [0.25, 0.3) is 0 Å². The van der Waals surface area contributed by atoms with E-state index in [1.165, 1.54) is 19.5 Å². The first kappa shape index (κ1) is 9.05. The van der Waals surface area contributed by atoms with E-state index in [-0.39, 0.29) is 0 Å². The third-order valence-electron chi connectivity index (χ3n) is 2.55. The lowest BCUT2D eigenvalue weighted by molar-refractivity contribution is 0.272. The fourth-order valence-electron chi connectivity index (χ4n) is 1.92. The largest absolute Gasteiger partial charge is 0.316 e. The molecule has 0 aromatic rings. The molecule has 1 heterocycles. The third kappa shape index (κ3) is 2.82. The summed E-state index contributed by atoms with van der Waals surface area (Å²) in [6, 6.07) is 0. The topological polar surface area (TPSA) is 12.0 Å². The molecule has 0 aliphatic carbocycles. The minimum Gasteiger partial charge on any atom is -0.316 e. The second-order valence-electron chi connectivity index (χ2n) is 5.16. The molecule has 0 amide bonds. The molecule has 11 heavy (non-hydrogen) atoms. The first-order chi connectivity index (χ1) is 4.99. The fraction of sp³-hybridized carbons (Fsp3) is 1.00. The average molecular weight is 155 g/mol. The van der Waals surface area contributed by atoms with Crippen molar-refractivity contribution in [3.8, 4) is 0 Å². The van der Waals surface area contributed by atoms with Crippen molar-refractivity contribution in [3.63, 3.8) is 0 Å². The summed E-state index contributed by atoms with van der Waals surface area (Å²) in [4.78, 5) is 0. The maximum Gasteiger partial charge on any atom is -0.00172 e. The molecule has 0 aromatic heterocycles. The molecule has 1 aliphatic heterocycles. The molecule has 1 nitrogen and oxygen atoms in total. The molecule has 1 heteroatoms. The van der Waals surface area contributed by atoms with Crippen molar-refractivity contribution in [2.24, 2.45) is 17.3 Å². The molecule has 0 bridgehead atoms. The molecule has 66 valence electrons. The van der Waals surface area contributed by atoms with E-state index < -0.39 is 0 Å². The van der Waals surface area contributed by atoms with E-state index in [9.17, 15) is 0 Å². The van der Waals surface area contributed by atoms with Crippen LogP contribution in [0.5, 0.6) is 0 Å². The van der Waals surface area contributed by atoms with Crippen molar-refractivity contribution in [1.29, 1.82) is 0 Å². The highest BCUT2D eigenvalue weighted by Crippen LogP contribution is 2.30. The Bertz CT molecular complexity index is 123. The van der Waals surface area contributed by atoms with Crippen LogP contribution in [0.2, 0.25) is 0 Å². The lowest BCUT2D eigenvalue weighted by Crippen LogP contribution is -2.18. The van der Waals surface area contributed by atoms with Gasteiger partial charge in [-0.3, -0.25) is 0 Å². The first-order valence-corrected chi connectivity index (χ1v) is 4.70. The zero-order valence-corrected chi connectivity index (χ0v) is 8.28. The van der Waals surface area contributed by atoms with Crippen molar-refractivity contribution in [1.82, 2.24) is 5.32 Å². The van der Waals surface area contributed by atoms with Crippen molar-refractivity contribution in [2.45, 2.75) is 34.1 Å². The molecular weight excluding hydrogens is 134 g/mol. The summed E-state index contributed by atoms with van der Waals surface area (Å²) in [5.41, 5.74) is 0.505. The van der Waals surface area contributed by atoms with Crippen LogP contribution < -0.4 is 5.32 Å². The van der Waals surface area contributed by atoms with Gasteiger partial charge < -0.3 is 5.32 Å². The summed E-state index contributed by atoms with van der Waals surface area (Å²) in [5, 5.41) is 3.44. The maximum atomic E-state index is 3.44. The van der Waals surface area contributed by atoms with E-state index in [0.717, 1.165) is 11.8 Å². The Morgan fingerprint density at radius 3 is 2.27 bits per heavy atom. The molecule has 1 aliphatic rings. The van der Waals surface area contributed by atoms with Gasteiger partial charge in [0.1, 0.15) is 0 Å². The Morgan fingerprint density at radius 2 is 1.91 bits per heavy atom. The van der Waals surface area contributed by atoms with E-state index in [4.69, 9.17) is 0 Å². The second kappa shape index (κ2) is 3.14. The molecule has 1 N–H and O–H groups in total. The maximum absolute atomic E-state index is 3.44. The highest BCUT2D eigenvalue weighted by atomic mass is 14.9. The Morgan fingerprint density at radius 1 is 1.27 bits per heavy atom. The molecule has 2 atom stereocenters. The second-order valence-corrected chi connectivity index (χ2v) is 5.16. The van der Waals surface area contributed by atoms with Gasteiger partial charge >= 0.3 is 0 Å². The Balaban J connectivity index is 2.37. The van der Waals surface area contributed by atoms with Crippen molar-refractivity contribution >= 4 is 0 Å². The molecule has 1 fully saturated rings.